The molecule has 1 aromatic heterocycles. The molecule has 6 heteroatoms. The predicted octanol–water partition coefficient (Wildman–Crippen LogP) is 5.41. The first-order valence-corrected chi connectivity index (χ1v) is 17.1. The molecule has 2 amide bonds. The number of aryl methyl sites for hydroxylation is 2. The quantitative estimate of drug-likeness (QED) is 0.480. The normalized spacial score (nSPS) is 32.2. The van der Waals surface area contributed by atoms with Gasteiger partial charge in [0.1, 0.15) is 0 Å². The summed E-state index contributed by atoms with van der Waals surface area (Å²) in [5.74, 6) is 2.27. The molecule has 6 atom stereocenters. The van der Waals surface area contributed by atoms with Crippen LogP contribution in [-0.2, 0) is 29.0 Å². The summed E-state index contributed by atoms with van der Waals surface area (Å²) in [5.41, 5.74) is 8.89. The third-order valence-corrected chi connectivity index (χ3v) is 12.2. The number of carbonyl (C=O) groups is 2. The zero-order chi connectivity index (χ0) is 29.1. The number of rotatable bonds is 5. The number of piperidine rings is 1. The molecule has 2 aromatic rings. The number of pyridine rings is 1. The second-order valence-corrected chi connectivity index (χ2v) is 14.4. The minimum atomic E-state index is 0.00538. The largest absolute Gasteiger partial charge is 0.392 e. The van der Waals surface area contributed by atoms with E-state index in [9.17, 15) is 14.7 Å². The molecule has 4 aliphatic carbocycles. The van der Waals surface area contributed by atoms with Gasteiger partial charge < -0.3 is 10.0 Å². The number of aliphatic hydroxyl groups excluding tert-OH is 1. The predicted molar refractivity (Wildman–Crippen MR) is 166 cm³/mol. The number of amides is 2. The van der Waals surface area contributed by atoms with Crippen molar-refractivity contribution >= 4 is 17.4 Å². The van der Waals surface area contributed by atoms with E-state index >= 15 is 0 Å². The van der Waals surface area contributed by atoms with Crippen LogP contribution in [0.2, 0.25) is 0 Å². The number of likely N-dealkylation sites (tertiary alicyclic amines) is 2. The first-order chi connectivity index (χ1) is 21.1. The molecule has 3 heterocycles. The lowest BCUT2D eigenvalue weighted by Crippen LogP contribution is -2.43. The molecule has 8 rings (SSSR count). The third kappa shape index (κ3) is 4.80. The maximum atomic E-state index is 13.5. The number of aliphatic hydroxyl groups is 1. The van der Waals surface area contributed by atoms with Gasteiger partial charge in [0.25, 0.3) is 0 Å². The van der Waals surface area contributed by atoms with Gasteiger partial charge >= 0.3 is 0 Å². The highest BCUT2D eigenvalue weighted by atomic mass is 16.3. The summed E-state index contributed by atoms with van der Waals surface area (Å²) in [6, 6.07) is 10.8. The summed E-state index contributed by atoms with van der Waals surface area (Å²) < 4.78 is 0. The zero-order valence-corrected chi connectivity index (χ0v) is 25.3. The van der Waals surface area contributed by atoms with Crippen molar-refractivity contribution in [2.24, 2.45) is 35.5 Å². The van der Waals surface area contributed by atoms with Crippen LogP contribution in [0, 0.1) is 35.5 Å². The number of nitrogens with zero attached hydrogens (tertiary/aromatic N) is 3. The highest BCUT2D eigenvalue weighted by molar-refractivity contribution is 6.06. The smallest absolute Gasteiger partial charge is 0.233 e. The minimum Gasteiger partial charge on any atom is -0.392 e. The first-order valence-electron chi connectivity index (χ1n) is 17.1. The van der Waals surface area contributed by atoms with Crippen LogP contribution in [0.25, 0.3) is 5.57 Å². The van der Waals surface area contributed by atoms with Gasteiger partial charge in [0, 0.05) is 37.9 Å². The Morgan fingerprint density at radius 2 is 1.51 bits per heavy atom. The molecule has 226 valence electrons. The van der Waals surface area contributed by atoms with Crippen molar-refractivity contribution in [3.05, 3.63) is 70.0 Å². The standard InChI is InChI=1S/C37H45N3O3/c41-22-23-7-12-31-26(18-23)9-8-25-6-3-15-38-35(25)32(31)24-13-16-39(17-14-24)20-29-4-1-2-5-30(29)21-40-36(42)33-27-10-11-28(19-27)34(33)37(40)43/h3,6-7,12,15,18,27-30,33-34,41H,1-2,4-5,8-11,13-14,16-17,19-22H2/t27-,28+,29-,30-,33?,34?/m1/s1. The van der Waals surface area contributed by atoms with Gasteiger partial charge in [0.2, 0.25) is 11.8 Å². The Hall–Kier alpha value is -2.83. The molecule has 6 nitrogen and oxygen atoms in total. The number of fused-ring (bicyclic) bond motifs is 7. The number of imide groups is 1. The first kappa shape index (κ1) is 27.7. The molecule has 3 saturated carbocycles. The van der Waals surface area contributed by atoms with Crippen LogP contribution >= 0.6 is 0 Å². The van der Waals surface area contributed by atoms with Crippen molar-refractivity contribution in [2.75, 3.05) is 26.2 Å². The molecule has 43 heavy (non-hydrogen) atoms. The summed E-state index contributed by atoms with van der Waals surface area (Å²) in [7, 11) is 0. The highest BCUT2D eigenvalue weighted by Crippen LogP contribution is 2.56. The number of aromatic nitrogens is 1. The highest BCUT2D eigenvalue weighted by Gasteiger charge is 2.61. The van der Waals surface area contributed by atoms with E-state index in [0.717, 1.165) is 82.3 Å². The van der Waals surface area contributed by atoms with Crippen LogP contribution in [0.5, 0.6) is 0 Å². The Labute approximate surface area is 255 Å². The van der Waals surface area contributed by atoms with Crippen LogP contribution in [0.1, 0.15) is 85.7 Å². The van der Waals surface area contributed by atoms with E-state index < -0.39 is 0 Å². The van der Waals surface area contributed by atoms with Crippen molar-refractivity contribution in [3.8, 4) is 0 Å². The Kier molecular flexibility index (Phi) is 7.26. The fraction of sp³-hybridized carbons (Fsp3) is 0.595. The molecule has 6 aliphatic rings. The Morgan fingerprint density at radius 1 is 0.814 bits per heavy atom. The van der Waals surface area contributed by atoms with Gasteiger partial charge in [-0.2, -0.15) is 0 Å². The molecule has 2 bridgehead atoms. The van der Waals surface area contributed by atoms with Crippen LogP contribution in [-0.4, -0.2) is 57.9 Å². The molecule has 2 unspecified atom stereocenters. The Balaban J connectivity index is 0.982. The number of hydrogen-bond acceptors (Lipinski definition) is 5. The van der Waals surface area contributed by atoms with Crippen LogP contribution < -0.4 is 0 Å². The van der Waals surface area contributed by atoms with Gasteiger partial charge in [0.05, 0.1) is 24.1 Å². The molecule has 5 fully saturated rings. The van der Waals surface area contributed by atoms with E-state index in [1.165, 1.54) is 47.1 Å². The topological polar surface area (TPSA) is 73.7 Å². The lowest BCUT2D eigenvalue weighted by molar-refractivity contribution is -0.142. The fourth-order valence-electron chi connectivity index (χ4n) is 10.1. The average molecular weight is 580 g/mol. The van der Waals surface area contributed by atoms with Gasteiger partial charge in [-0.1, -0.05) is 42.7 Å². The summed E-state index contributed by atoms with van der Waals surface area (Å²) >= 11 is 0. The van der Waals surface area contributed by atoms with Crippen molar-refractivity contribution in [1.29, 1.82) is 0 Å². The maximum Gasteiger partial charge on any atom is 0.233 e. The average Bonchev–Trinajstić information content (AvgIpc) is 3.69. The summed E-state index contributed by atoms with van der Waals surface area (Å²) in [4.78, 5) is 36.2. The lowest BCUT2D eigenvalue weighted by Gasteiger charge is -2.39. The molecule has 0 spiro atoms. The third-order valence-electron chi connectivity index (χ3n) is 12.2. The summed E-state index contributed by atoms with van der Waals surface area (Å²) in [6.07, 6.45) is 14.2. The molecule has 2 aliphatic heterocycles. The SMILES string of the molecule is O=C1C2C(C(=O)N1C[C@H]1CCCC[C@@H]1CN1CCC(=C3c4ccc(CO)cc4CCc4cccnc43)CC1)[C@H]1CC[C@@H]2C1. The van der Waals surface area contributed by atoms with Crippen LogP contribution in [0.4, 0.5) is 0 Å². The van der Waals surface area contributed by atoms with Gasteiger partial charge in [-0.15, -0.1) is 0 Å². The van der Waals surface area contributed by atoms with E-state index in [-0.39, 0.29) is 30.3 Å². The maximum absolute atomic E-state index is 13.5. The molecule has 1 aromatic carbocycles. The monoisotopic (exact) mass is 579 g/mol. The molecule has 2 saturated heterocycles. The summed E-state index contributed by atoms with van der Waals surface area (Å²) in [5, 5.41) is 9.78. The van der Waals surface area contributed by atoms with Gasteiger partial charge in [0.15, 0.2) is 0 Å². The van der Waals surface area contributed by atoms with E-state index in [4.69, 9.17) is 4.98 Å². The molecular weight excluding hydrogens is 534 g/mol. The Bertz CT molecular complexity index is 1430. The molecular formula is C37H45N3O3. The van der Waals surface area contributed by atoms with Crippen LogP contribution in [0.15, 0.2) is 42.1 Å². The molecule has 0 radical (unpaired) electrons. The minimum absolute atomic E-state index is 0.00538. The second kappa shape index (κ2) is 11.3. The van der Waals surface area contributed by atoms with E-state index in [1.807, 2.05) is 6.20 Å². The number of benzene rings is 1. The Morgan fingerprint density at radius 3 is 2.23 bits per heavy atom. The molecule has 1 N–H and O–H groups in total. The van der Waals surface area contributed by atoms with Crippen molar-refractivity contribution in [3.63, 3.8) is 0 Å². The van der Waals surface area contributed by atoms with Gasteiger partial charge in [-0.05, 0) is 110 Å². The van der Waals surface area contributed by atoms with Gasteiger partial charge in [-0.25, -0.2) is 0 Å². The number of carbonyl (C=O) groups excluding carboxylic acids is 2. The summed E-state index contributed by atoms with van der Waals surface area (Å²) in [6.45, 7) is 3.90. The van der Waals surface area contributed by atoms with Crippen molar-refractivity contribution in [2.45, 2.75) is 77.2 Å². The number of hydrogen-bond donors (Lipinski definition) is 1. The van der Waals surface area contributed by atoms with Gasteiger partial charge in [-0.3, -0.25) is 19.5 Å². The van der Waals surface area contributed by atoms with E-state index in [0.29, 0.717) is 30.2 Å². The van der Waals surface area contributed by atoms with Crippen molar-refractivity contribution < 1.29 is 14.7 Å². The fourth-order valence-corrected chi connectivity index (χ4v) is 10.1. The van der Waals surface area contributed by atoms with Crippen LogP contribution in [0.3, 0.4) is 0 Å². The lowest BCUT2D eigenvalue weighted by atomic mass is 9.78. The van der Waals surface area contributed by atoms with E-state index in [1.54, 1.807) is 4.90 Å². The van der Waals surface area contributed by atoms with E-state index in [2.05, 4.69) is 35.2 Å². The zero-order valence-electron chi connectivity index (χ0n) is 25.3. The van der Waals surface area contributed by atoms with Crippen molar-refractivity contribution in [1.82, 2.24) is 14.8 Å². The second-order valence-electron chi connectivity index (χ2n) is 14.4.